The van der Waals surface area contributed by atoms with Gasteiger partial charge in [0.25, 0.3) is 5.92 Å². The van der Waals surface area contributed by atoms with Crippen LogP contribution in [0.3, 0.4) is 0 Å². The van der Waals surface area contributed by atoms with Gasteiger partial charge in [-0.25, -0.2) is 18.7 Å². The number of aliphatic carboxylic acids is 1. The van der Waals surface area contributed by atoms with E-state index in [1.54, 1.807) is 12.3 Å². The van der Waals surface area contributed by atoms with E-state index in [0.29, 0.717) is 36.3 Å². The summed E-state index contributed by atoms with van der Waals surface area (Å²) in [5.74, 6) is -2.16. The lowest BCUT2D eigenvalue weighted by Crippen LogP contribution is -2.44. The second kappa shape index (κ2) is 9.18. The van der Waals surface area contributed by atoms with Gasteiger partial charge in [0.2, 0.25) is 0 Å². The van der Waals surface area contributed by atoms with Crippen LogP contribution in [0.25, 0.3) is 22.4 Å². The minimum atomic E-state index is -2.87. The second-order valence-corrected chi connectivity index (χ2v) is 9.72. The third kappa shape index (κ3) is 4.61. The molecule has 9 heteroatoms. The van der Waals surface area contributed by atoms with Gasteiger partial charge in [-0.3, -0.25) is 4.79 Å². The summed E-state index contributed by atoms with van der Waals surface area (Å²) in [6.07, 6.45) is 5.58. The highest BCUT2D eigenvalue weighted by Gasteiger charge is 2.45. The van der Waals surface area contributed by atoms with Gasteiger partial charge in [0.1, 0.15) is 11.6 Å². The van der Waals surface area contributed by atoms with Gasteiger partial charge in [-0.1, -0.05) is 19.4 Å². The Morgan fingerprint density at radius 2 is 2.03 bits per heavy atom. The first-order valence-electron chi connectivity index (χ1n) is 12.2. The maximum atomic E-state index is 14.1. The molecule has 3 heterocycles. The van der Waals surface area contributed by atoms with E-state index >= 15 is 0 Å². The summed E-state index contributed by atoms with van der Waals surface area (Å²) in [6.45, 7) is 3.34. The number of halogens is 2. The van der Waals surface area contributed by atoms with Gasteiger partial charge < -0.3 is 19.7 Å². The highest BCUT2D eigenvalue weighted by atomic mass is 19.3. The maximum absolute atomic E-state index is 14.1. The van der Waals surface area contributed by atoms with Crippen molar-refractivity contribution in [2.45, 2.75) is 57.5 Å². The Bertz CT molecular complexity index is 1200. The summed E-state index contributed by atoms with van der Waals surface area (Å²) >= 11 is 0. The molecule has 0 atom stereocenters. The van der Waals surface area contributed by atoms with Crippen molar-refractivity contribution in [3.05, 3.63) is 42.1 Å². The summed E-state index contributed by atoms with van der Waals surface area (Å²) < 4.78 is 34.1. The highest BCUT2D eigenvalue weighted by Crippen LogP contribution is 2.42. The normalized spacial score (nSPS) is 18.5. The number of ether oxygens (including phenoxy) is 1. The summed E-state index contributed by atoms with van der Waals surface area (Å²) in [5.41, 5.74) is 1.29. The molecule has 1 saturated carbocycles. The van der Waals surface area contributed by atoms with E-state index in [0.717, 1.165) is 43.7 Å². The van der Waals surface area contributed by atoms with Crippen molar-refractivity contribution in [1.82, 2.24) is 15.0 Å². The van der Waals surface area contributed by atoms with E-state index in [2.05, 4.69) is 19.9 Å². The van der Waals surface area contributed by atoms with Crippen LogP contribution >= 0.6 is 0 Å². The topological polar surface area (TPSA) is 91.3 Å². The van der Waals surface area contributed by atoms with E-state index in [1.165, 1.54) is 19.1 Å². The number of nitrogens with one attached hydrogen (secondary N) is 1. The standard InChI is InChI=1S/C26H30F2N4O3/c1-2-26(27,28)18-5-6-20-21(14-18)31-23(30-20)17-4-7-22(29-15-17)32-12-8-19(9-13-32)35-16-25(24(33)34)10-3-11-25/h4-7,14-15,19H,2-3,8-13,16H2,1H3,(H,30,31)(H,33,34). The lowest BCUT2D eigenvalue weighted by atomic mass is 9.69. The van der Waals surface area contributed by atoms with Gasteiger partial charge >= 0.3 is 5.97 Å². The molecule has 2 aliphatic rings. The number of fused-ring (bicyclic) bond motifs is 1. The van der Waals surface area contributed by atoms with E-state index in [-0.39, 0.29) is 18.1 Å². The lowest BCUT2D eigenvalue weighted by Gasteiger charge is -2.39. The van der Waals surface area contributed by atoms with Gasteiger partial charge in [-0.2, -0.15) is 0 Å². The zero-order valence-corrected chi connectivity index (χ0v) is 19.8. The number of benzene rings is 1. The SMILES string of the molecule is CCC(F)(F)c1ccc2nc(-c3ccc(N4CCC(OCC5(C(=O)O)CCC5)CC4)nc3)[nH]c2c1. The molecule has 1 saturated heterocycles. The van der Waals surface area contributed by atoms with Gasteiger partial charge in [0, 0.05) is 36.8 Å². The first-order chi connectivity index (χ1) is 16.8. The molecule has 2 aromatic heterocycles. The number of carbonyl (C=O) groups is 1. The van der Waals surface area contributed by atoms with E-state index in [1.807, 2.05) is 12.1 Å². The lowest BCUT2D eigenvalue weighted by molar-refractivity contribution is -0.162. The fourth-order valence-electron chi connectivity index (χ4n) is 4.84. The monoisotopic (exact) mass is 484 g/mol. The van der Waals surface area contributed by atoms with Crippen LogP contribution in [0.2, 0.25) is 0 Å². The number of rotatable bonds is 8. The van der Waals surface area contributed by atoms with Crippen molar-refractivity contribution in [2.75, 3.05) is 24.6 Å². The predicted molar refractivity (Wildman–Crippen MR) is 129 cm³/mol. The fourth-order valence-corrected chi connectivity index (χ4v) is 4.84. The van der Waals surface area contributed by atoms with Crippen molar-refractivity contribution in [3.63, 3.8) is 0 Å². The van der Waals surface area contributed by atoms with Crippen LogP contribution in [-0.2, 0) is 15.5 Å². The Kier molecular flexibility index (Phi) is 6.21. The molecular formula is C26H30F2N4O3. The number of anilines is 1. The largest absolute Gasteiger partial charge is 0.481 e. The molecule has 0 amide bonds. The zero-order valence-electron chi connectivity index (χ0n) is 19.8. The molecule has 186 valence electrons. The van der Waals surface area contributed by atoms with Crippen LogP contribution in [0.15, 0.2) is 36.5 Å². The number of nitrogens with zero attached hydrogens (tertiary/aromatic N) is 3. The molecule has 0 unspecified atom stereocenters. The molecule has 0 spiro atoms. The molecule has 1 aliphatic carbocycles. The summed E-state index contributed by atoms with van der Waals surface area (Å²) in [4.78, 5) is 26.0. The van der Waals surface area contributed by atoms with Crippen molar-refractivity contribution in [3.8, 4) is 11.4 Å². The molecular weight excluding hydrogens is 454 g/mol. The number of pyridine rings is 1. The molecule has 2 fully saturated rings. The number of H-pyrrole nitrogens is 1. The smallest absolute Gasteiger partial charge is 0.311 e. The van der Waals surface area contributed by atoms with Crippen LogP contribution in [0.5, 0.6) is 0 Å². The zero-order chi connectivity index (χ0) is 24.6. The highest BCUT2D eigenvalue weighted by molar-refractivity contribution is 5.80. The average Bonchev–Trinajstić information content (AvgIpc) is 3.27. The minimum Gasteiger partial charge on any atom is -0.481 e. The number of aromatic nitrogens is 3. The molecule has 2 N–H and O–H groups in total. The maximum Gasteiger partial charge on any atom is 0.311 e. The van der Waals surface area contributed by atoms with Crippen molar-refractivity contribution in [1.29, 1.82) is 0 Å². The van der Waals surface area contributed by atoms with Crippen LogP contribution in [-0.4, -0.2) is 51.8 Å². The molecule has 0 bridgehead atoms. The Labute approximate surface area is 202 Å². The average molecular weight is 485 g/mol. The van der Waals surface area contributed by atoms with Gasteiger partial charge in [0.05, 0.1) is 29.2 Å². The van der Waals surface area contributed by atoms with Gasteiger partial charge in [-0.05, 0) is 49.9 Å². The quantitative estimate of drug-likeness (QED) is 0.447. The number of alkyl halides is 2. The third-order valence-electron chi connectivity index (χ3n) is 7.50. The Balaban J connectivity index is 1.20. The van der Waals surface area contributed by atoms with Crippen LogP contribution < -0.4 is 4.90 Å². The number of imidazole rings is 1. The summed E-state index contributed by atoms with van der Waals surface area (Å²) in [7, 11) is 0. The molecule has 35 heavy (non-hydrogen) atoms. The molecule has 1 aromatic carbocycles. The molecule has 1 aliphatic heterocycles. The van der Waals surface area contributed by atoms with Crippen LogP contribution in [0.4, 0.5) is 14.6 Å². The Morgan fingerprint density at radius 3 is 2.63 bits per heavy atom. The first-order valence-corrected chi connectivity index (χ1v) is 12.2. The Morgan fingerprint density at radius 1 is 1.26 bits per heavy atom. The fraction of sp³-hybridized carbons (Fsp3) is 0.500. The van der Waals surface area contributed by atoms with Crippen molar-refractivity contribution < 1.29 is 23.4 Å². The molecule has 0 radical (unpaired) electrons. The Hall–Kier alpha value is -3.07. The second-order valence-electron chi connectivity index (χ2n) is 9.72. The number of hydrogen-bond acceptors (Lipinski definition) is 5. The molecule has 7 nitrogen and oxygen atoms in total. The third-order valence-corrected chi connectivity index (χ3v) is 7.50. The van der Waals surface area contributed by atoms with E-state index in [9.17, 15) is 18.7 Å². The van der Waals surface area contributed by atoms with Gasteiger partial charge in [0.15, 0.2) is 0 Å². The van der Waals surface area contributed by atoms with Crippen LogP contribution in [0, 0.1) is 5.41 Å². The summed E-state index contributed by atoms with van der Waals surface area (Å²) in [6, 6.07) is 8.38. The van der Waals surface area contributed by atoms with Crippen molar-refractivity contribution >= 4 is 22.8 Å². The number of carboxylic acids is 1. The van der Waals surface area contributed by atoms with Crippen LogP contribution in [0.1, 0.15) is 51.0 Å². The number of aromatic amines is 1. The first kappa shape index (κ1) is 23.7. The number of piperidine rings is 1. The van der Waals surface area contributed by atoms with E-state index in [4.69, 9.17) is 4.74 Å². The van der Waals surface area contributed by atoms with Gasteiger partial charge in [-0.15, -0.1) is 0 Å². The van der Waals surface area contributed by atoms with Crippen molar-refractivity contribution in [2.24, 2.45) is 5.41 Å². The number of carboxylic acid groups (broad SMARTS) is 1. The number of hydrogen-bond donors (Lipinski definition) is 2. The van der Waals surface area contributed by atoms with E-state index < -0.39 is 17.3 Å². The molecule has 5 rings (SSSR count). The minimum absolute atomic E-state index is 0.0191. The predicted octanol–water partition coefficient (Wildman–Crippen LogP) is 5.37. The summed E-state index contributed by atoms with van der Waals surface area (Å²) in [5, 5.41) is 9.47. The molecule has 3 aromatic rings.